The van der Waals surface area contributed by atoms with Crippen molar-refractivity contribution in [3.05, 3.63) is 89.5 Å². The van der Waals surface area contributed by atoms with Crippen molar-refractivity contribution >= 4 is 34.6 Å². The van der Waals surface area contributed by atoms with Gasteiger partial charge in [0.25, 0.3) is 5.91 Å². The van der Waals surface area contributed by atoms with Crippen LogP contribution in [0.5, 0.6) is 0 Å². The molecule has 6 nitrogen and oxygen atoms in total. The molecular formula is C34H42N2O4S2. The third-order valence-corrected chi connectivity index (χ3v) is 10.1. The number of amides is 1. The van der Waals surface area contributed by atoms with Crippen molar-refractivity contribution in [2.75, 3.05) is 18.6 Å². The molecule has 8 heteroatoms. The van der Waals surface area contributed by atoms with Gasteiger partial charge in [-0.25, -0.2) is 13.3 Å². The summed E-state index contributed by atoms with van der Waals surface area (Å²) >= 11 is 1.55. The molecular weight excluding hydrogens is 565 g/mol. The van der Waals surface area contributed by atoms with Crippen LogP contribution in [0.25, 0.3) is 11.1 Å². The predicted octanol–water partition coefficient (Wildman–Crippen LogP) is 7.09. The average molecular weight is 607 g/mol. The standard InChI is InChI=1S/C34H42N2O4S2/c1-25-11-9-10-16-29(25)31-23-27(17-18-30(31)33(37)35-32(34(38)39)20-22-41-2)24-36(21-19-26-12-5-3-6-13-26)42(40)28-14-7-4-8-15-28/h4,7-11,14-18,23,26,32H,3,5-6,12-13,19-22,24H2,1-2H3,(H,35,37)(H,38,39). The molecule has 1 fully saturated rings. The normalized spacial score (nSPS) is 15.3. The Labute approximate surface area is 256 Å². The van der Waals surface area contributed by atoms with Gasteiger partial charge in [-0.05, 0) is 84.2 Å². The van der Waals surface area contributed by atoms with Gasteiger partial charge in [-0.1, -0.05) is 80.6 Å². The molecule has 0 radical (unpaired) electrons. The third kappa shape index (κ3) is 8.79. The van der Waals surface area contributed by atoms with Crippen LogP contribution in [0, 0.1) is 12.8 Å². The minimum absolute atomic E-state index is 0.348. The first kappa shape index (κ1) is 32.0. The number of hydrogen-bond acceptors (Lipinski definition) is 4. The van der Waals surface area contributed by atoms with E-state index >= 15 is 0 Å². The lowest BCUT2D eigenvalue weighted by Gasteiger charge is -2.27. The summed E-state index contributed by atoms with van der Waals surface area (Å²) in [6.07, 6.45) is 9.60. The summed E-state index contributed by atoms with van der Waals surface area (Å²) in [4.78, 5) is 26.1. The highest BCUT2D eigenvalue weighted by molar-refractivity contribution is 7.98. The zero-order chi connectivity index (χ0) is 29.9. The fourth-order valence-electron chi connectivity index (χ4n) is 5.63. The van der Waals surface area contributed by atoms with E-state index in [4.69, 9.17) is 0 Å². The van der Waals surface area contributed by atoms with E-state index in [2.05, 4.69) is 5.32 Å². The van der Waals surface area contributed by atoms with Gasteiger partial charge in [0.15, 0.2) is 0 Å². The molecule has 3 aromatic rings. The van der Waals surface area contributed by atoms with E-state index < -0.39 is 28.9 Å². The van der Waals surface area contributed by atoms with E-state index in [9.17, 15) is 18.9 Å². The van der Waals surface area contributed by atoms with Gasteiger partial charge in [0.2, 0.25) is 0 Å². The second-order valence-corrected chi connectivity index (χ2v) is 13.5. The van der Waals surface area contributed by atoms with Gasteiger partial charge in [-0.3, -0.25) is 4.79 Å². The highest BCUT2D eigenvalue weighted by Gasteiger charge is 2.24. The lowest BCUT2D eigenvalue weighted by molar-refractivity contribution is -0.139. The number of hydrogen-bond donors (Lipinski definition) is 2. The van der Waals surface area contributed by atoms with Crippen molar-refractivity contribution in [2.24, 2.45) is 5.92 Å². The van der Waals surface area contributed by atoms with Crippen LogP contribution >= 0.6 is 11.8 Å². The summed E-state index contributed by atoms with van der Waals surface area (Å²) in [5, 5.41) is 12.4. The Morgan fingerprint density at radius 3 is 2.40 bits per heavy atom. The minimum Gasteiger partial charge on any atom is -0.480 e. The number of carbonyl (C=O) groups excluding carboxylic acids is 1. The van der Waals surface area contributed by atoms with E-state index in [1.165, 1.54) is 32.1 Å². The quantitative estimate of drug-likeness (QED) is 0.205. The molecule has 3 aromatic carbocycles. The van der Waals surface area contributed by atoms with Crippen molar-refractivity contribution in [3.8, 4) is 11.1 Å². The summed E-state index contributed by atoms with van der Waals surface area (Å²) < 4.78 is 15.8. The molecule has 0 heterocycles. The molecule has 2 unspecified atom stereocenters. The van der Waals surface area contributed by atoms with Crippen LogP contribution < -0.4 is 5.32 Å². The Hall–Kier alpha value is -2.94. The topological polar surface area (TPSA) is 86.7 Å². The second-order valence-electron chi connectivity index (χ2n) is 11.1. The van der Waals surface area contributed by atoms with Gasteiger partial charge < -0.3 is 10.4 Å². The van der Waals surface area contributed by atoms with Gasteiger partial charge in [0.05, 0.1) is 4.90 Å². The average Bonchev–Trinajstić information content (AvgIpc) is 3.01. The smallest absolute Gasteiger partial charge is 0.326 e. The van der Waals surface area contributed by atoms with Gasteiger partial charge in [-0.2, -0.15) is 11.8 Å². The molecule has 1 aliphatic rings. The maximum Gasteiger partial charge on any atom is 0.326 e. The van der Waals surface area contributed by atoms with Crippen LogP contribution in [-0.4, -0.2) is 50.1 Å². The molecule has 1 amide bonds. The van der Waals surface area contributed by atoms with Crippen LogP contribution in [0.2, 0.25) is 0 Å². The third-order valence-electron chi connectivity index (χ3n) is 8.03. The number of aryl methyl sites for hydroxylation is 1. The van der Waals surface area contributed by atoms with E-state index in [0.29, 0.717) is 30.2 Å². The van der Waals surface area contributed by atoms with Crippen LogP contribution in [0.15, 0.2) is 77.7 Å². The minimum atomic E-state index is -1.33. The molecule has 224 valence electrons. The number of thioether (sulfide) groups is 1. The number of benzene rings is 3. The Bertz CT molecular complexity index is 1360. The number of carboxylic acid groups (broad SMARTS) is 1. The molecule has 0 aromatic heterocycles. The van der Waals surface area contributed by atoms with Crippen LogP contribution in [0.1, 0.15) is 66.4 Å². The first-order valence-electron chi connectivity index (χ1n) is 14.8. The van der Waals surface area contributed by atoms with Crippen molar-refractivity contribution in [1.29, 1.82) is 0 Å². The summed E-state index contributed by atoms with van der Waals surface area (Å²) in [7, 11) is -1.33. The summed E-state index contributed by atoms with van der Waals surface area (Å²) in [5.74, 6) is -0.148. The maximum absolute atomic E-state index is 13.8. The zero-order valence-electron chi connectivity index (χ0n) is 24.6. The first-order chi connectivity index (χ1) is 20.4. The van der Waals surface area contributed by atoms with Gasteiger partial charge in [-0.15, -0.1) is 0 Å². The van der Waals surface area contributed by atoms with Crippen molar-refractivity contribution < 1.29 is 18.9 Å². The van der Waals surface area contributed by atoms with Crippen LogP contribution in [0.4, 0.5) is 0 Å². The first-order valence-corrected chi connectivity index (χ1v) is 17.3. The molecule has 0 saturated heterocycles. The van der Waals surface area contributed by atoms with Gasteiger partial charge >= 0.3 is 5.97 Å². The Balaban J connectivity index is 1.65. The molecule has 2 atom stereocenters. The molecule has 0 aliphatic heterocycles. The van der Waals surface area contributed by atoms with Crippen molar-refractivity contribution in [2.45, 2.75) is 69.4 Å². The number of rotatable bonds is 14. The number of aliphatic carboxylic acids is 1. The number of carbonyl (C=O) groups is 2. The fourth-order valence-corrected chi connectivity index (χ4v) is 7.32. The van der Waals surface area contributed by atoms with Gasteiger partial charge in [0.1, 0.15) is 17.0 Å². The van der Waals surface area contributed by atoms with Crippen molar-refractivity contribution in [3.63, 3.8) is 0 Å². The summed E-state index contributed by atoms with van der Waals surface area (Å²) in [6, 6.07) is 22.2. The molecule has 2 N–H and O–H groups in total. The summed E-state index contributed by atoms with van der Waals surface area (Å²) in [5.41, 5.74) is 4.06. The van der Waals surface area contributed by atoms with Crippen LogP contribution in [0.3, 0.4) is 0 Å². The maximum atomic E-state index is 13.8. The second kappa shape index (κ2) is 16.1. The monoisotopic (exact) mass is 606 g/mol. The lowest BCUT2D eigenvalue weighted by Crippen LogP contribution is -2.41. The molecule has 4 rings (SSSR count). The largest absolute Gasteiger partial charge is 0.480 e. The van der Waals surface area contributed by atoms with Crippen LogP contribution in [-0.2, 0) is 22.3 Å². The van der Waals surface area contributed by atoms with E-state index in [1.54, 1.807) is 17.8 Å². The predicted molar refractivity (Wildman–Crippen MR) is 173 cm³/mol. The van der Waals surface area contributed by atoms with Gasteiger partial charge in [0, 0.05) is 18.7 Å². The highest BCUT2D eigenvalue weighted by atomic mass is 32.2. The Morgan fingerprint density at radius 2 is 1.71 bits per heavy atom. The van der Waals surface area contributed by atoms with E-state index in [-0.39, 0.29) is 0 Å². The zero-order valence-corrected chi connectivity index (χ0v) is 26.2. The highest BCUT2D eigenvalue weighted by Crippen LogP contribution is 2.31. The molecule has 0 spiro atoms. The fraction of sp³-hybridized carbons (Fsp3) is 0.412. The molecule has 0 bridgehead atoms. The van der Waals surface area contributed by atoms with E-state index in [0.717, 1.165) is 40.1 Å². The Morgan fingerprint density at radius 1 is 1.00 bits per heavy atom. The number of nitrogens with zero attached hydrogens (tertiary/aromatic N) is 1. The summed E-state index contributed by atoms with van der Waals surface area (Å²) in [6.45, 7) is 3.20. The number of carboxylic acids is 1. The molecule has 1 saturated carbocycles. The Kier molecular flexibility index (Phi) is 12.2. The van der Waals surface area contributed by atoms with E-state index in [1.807, 2.05) is 84.2 Å². The van der Waals surface area contributed by atoms with Crippen molar-refractivity contribution in [1.82, 2.24) is 9.62 Å². The molecule has 42 heavy (non-hydrogen) atoms. The SMILES string of the molecule is CSCCC(NC(=O)c1ccc(CN(CCC2CCCCC2)S(=O)c2ccccc2)cc1-c1ccccc1C)C(=O)O. The number of nitrogens with one attached hydrogen (secondary N) is 1. The molecule has 1 aliphatic carbocycles. The lowest BCUT2D eigenvalue weighted by atomic mass is 9.87.